The maximum atomic E-state index is 2.71. The van der Waals surface area contributed by atoms with Gasteiger partial charge in [-0.3, -0.25) is 0 Å². The molecule has 4 aliphatic rings. The van der Waals surface area contributed by atoms with Gasteiger partial charge in [-0.2, -0.15) is 0 Å². The molecule has 3 nitrogen and oxygen atoms in total. The van der Waals surface area contributed by atoms with Crippen LogP contribution in [0.15, 0.2) is 176 Å². The van der Waals surface area contributed by atoms with Crippen molar-refractivity contribution in [2.24, 2.45) is 0 Å². The van der Waals surface area contributed by atoms with Crippen LogP contribution in [0.3, 0.4) is 0 Å². The molecule has 2 aliphatic carbocycles. The van der Waals surface area contributed by atoms with E-state index in [4.69, 9.17) is 0 Å². The van der Waals surface area contributed by atoms with Gasteiger partial charge < -0.3 is 14.7 Å². The summed E-state index contributed by atoms with van der Waals surface area (Å²) in [6.45, 7) is 26.9. The Morgan fingerprint density at radius 1 is 0.403 bits per heavy atom. The molecule has 0 aromatic heterocycles. The summed E-state index contributed by atoms with van der Waals surface area (Å²) in [5.74, 6) is 0. The molecule has 0 N–H and O–H groups in total. The molecular formula is C68H70BN3. The first-order valence-corrected chi connectivity index (χ1v) is 26.6. The molecule has 0 bridgehead atoms. The lowest BCUT2D eigenvalue weighted by molar-refractivity contribution is 0.332. The molecule has 0 atom stereocenters. The zero-order valence-corrected chi connectivity index (χ0v) is 44.5. The lowest BCUT2D eigenvalue weighted by Gasteiger charge is -2.48. The Kier molecular flexibility index (Phi) is 10.5. The van der Waals surface area contributed by atoms with Crippen LogP contribution in [0.1, 0.15) is 130 Å². The van der Waals surface area contributed by atoms with E-state index in [0.717, 1.165) is 29.9 Å². The first-order chi connectivity index (χ1) is 34.3. The molecule has 2 heterocycles. The smallest absolute Gasteiger partial charge is 0.252 e. The lowest BCUT2D eigenvalue weighted by atomic mass is 9.33. The fourth-order valence-corrected chi connectivity index (χ4v) is 13.0. The van der Waals surface area contributed by atoms with Crippen molar-refractivity contribution >= 4 is 74.3 Å². The van der Waals surface area contributed by atoms with Crippen LogP contribution in [0.2, 0.25) is 0 Å². The van der Waals surface area contributed by atoms with Gasteiger partial charge in [-0.1, -0.05) is 179 Å². The Morgan fingerprint density at radius 3 is 1.50 bits per heavy atom. The van der Waals surface area contributed by atoms with Crippen LogP contribution in [0, 0.1) is 0 Å². The summed E-state index contributed by atoms with van der Waals surface area (Å²) < 4.78 is 0. The van der Waals surface area contributed by atoms with Crippen molar-refractivity contribution in [2.45, 2.75) is 129 Å². The average Bonchev–Trinajstić information content (AvgIpc) is 3.37. The SMILES string of the molecule is CC(C)(C)c1cc2c3c(c1)N(c1ccccc1-c1ccccc1)c1cc(N(c4ccccc4)c4ccccc4)ccc1B3c1cc3c(cc1N2c1ccc2c(c1)C(C)(C)CCC2(C)C)C(C)(C)CCC3(C)C. The largest absolute Gasteiger partial charge is 0.311 e. The summed E-state index contributed by atoms with van der Waals surface area (Å²) in [7, 11) is 0. The molecule has 0 radical (unpaired) electrons. The van der Waals surface area contributed by atoms with E-state index < -0.39 is 0 Å². The minimum absolute atomic E-state index is 0.0270. The Hall–Kier alpha value is -6.78. The van der Waals surface area contributed by atoms with Gasteiger partial charge in [0.2, 0.25) is 0 Å². The van der Waals surface area contributed by atoms with Gasteiger partial charge in [-0.05, 0) is 175 Å². The monoisotopic (exact) mass is 940 g/mol. The van der Waals surface area contributed by atoms with Gasteiger partial charge in [0.25, 0.3) is 6.71 Å². The molecule has 2 aliphatic heterocycles. The summed E-state index contributed by atoms with van der Waals surface area (Å²) in [6.07, 6.45) is 4.67. The van der Waals surface area contributed by atoms with Crippen molar-refractivity contribution in [2.75, 3.05) is 14.7 Å². The Balaban J connectivity index is 1.22. The third kappa shape index (κ3) is 7.37. The molecule has 8 aromatic carbocycles. The van der Waals surface area contributed by atoms with E-state index in [1.807, 2.05) is 0 Å². The summed E-state index contributed by atoms with van der Waals surface area (Å²) in [5, 5.41) is 0. The minimum atomic E-state index is -0.152. The van der Waals surface area contributed by atoms with E-state index in [2.05, 4.69) is 267 Å². The second-order valence-electron chi connectivity index (χ2n) is 25.1. The zero-order chi connectivity index (χ0) is 50.1. The maximum Gasteiger partial charge on any atom is 0.252 e. The average molecular weight is 940 g/mol. The fraction of sp³-hybridized carbons (Fsp3) is 0.294. The standard InChI is InChI=1S/C68H70BN3/c1-64(2,3)46-39-61-63-62(40-46)72(58-30-22-21-29-51(58)45-23-15-12-16-24-45)59-42-50(70(47-25-17-13-18-26-47)48-27-19-14-20-28-48)32-34-56(59)69(63)57-43-54-55(68(10,11)38-37-67(54,8)9)44-60(57)71(61)49-31-33-52-53(41-49)66(6,7)36-35-65(52,4)5/h12-34,39-44H,35-38H2,1-11H3. The van der Waals surface area contributed by atoms with Gasteiger partial charge in [-0.25, -0.2) is 0 Å². The number of rotatable bonds is 6. The normalized spacial score (nSPS) is 17.5. The van der Waals surface area contributed by atoms with Gasteiger partial charge in [-0.15, -0.1) is 0 Å². The number of benzene rings is 8. The van der Waals surface area contributed by atoms with Crippen molar-refractivity contribution in [3.8, 4) is 11.1 Å². The van der Waals surface area contributed by atoms with Crippen LogP contribution in [-0.4, -0.2) is 6.71 Å². The molecule has 0 fully saturated rings. The Morgan fingerprint density at radius 2 is 0.903 bits per heavy atom. The van der Waals surface area contributed by atoms with E-state index in [-0.39, 0.29) is 33.8 Å². The van der Waals surface area contributed by atoms with E-state index in [1.54, 1.807) is 0 Å². The van der Waals surface area contributed by atoms with Crippen molar-refractivity contribution in [3.63, 3.8) is 0 Å². The van der Waals surface area contributed by atoms with E-state index in [9.17, 15) is 0 Å². The summed E-state index contributed by atoms with van der Waals surface area (Å²) >= 11 is 0. The Labute approximate surface area is 430 Å². The van der Waals surface area contributed by atoms with Gasteiger partial charge in [0.15, 0.2) is 0 Å². The molecule has 0 saturated heterocycles. The van der Waals surface area contributed by atoms with Crippen LogP contribution in [-0.2, 0) is 27.1 Å². The molecule has 72 heavy (non-hydrogen) atoms. The summed E-state index contributed by atoms with van der Waals surface area (Å²) in [5.41, 5.74) is 24.7. The fourth-order valence-electron chi connectivity index (χ4n) is 13.0. The van der Waals surface area contributed by atoms with E-state index in [0.29, 0.717) is 0 Å². The number of para-hydroxylation sites is 3. The third-order valence-electron chi connectivity index (χ3n) is 17.5. The highest BCUT2D eigenvalue weighted by atomic mass is 15.2. The van der Waals surface area contributed by atoms with Gasteiger partial charge in [0.05, 0.1) is 5.69 Å². The molecule has 360 valence electrons. The molecule has 0 saturated carbocycles. The summed E-state index contributed by atoms with van der Waals surface area (Å²) in [6, 6.07) is 67.2. The first kappa shape index (κ1) is 46.3. The van der Waals surface area contributed by atoms with E-state index in [1.165, 1.54) is 102 Å². The molecular weight excluding hydrogens is 870 g/mol. The highest BCUT2D eigenvalue weighted by molar-refractivity contribution is 7.00. The molecule has 12 rings (SSSR count). The quantitative estimate of drug-likeness (QED) is 0.154. The van der Waals surface area contributed by atoms with Gasteiger partial charge >= 0.3 is 0 Å². The molecule has 8 aromatic rings. The van der Waals surface area contributed by atoms with Gasteiger partial charge in [0.1, 0.15) is 0 Å². The second kappa shape index (κ2) is 16.4. The molecule has 4 heteroatoms. The minimum Gasteiger partial charge on any atom is -0.311 e. The predicted molar refractivity (Wildman–Crippen MR) is 310 cm³/mol. The second-order valence-corrected chi connectivity index (χ2v) is 25.1. The van der Waals surface area contributed by atoms with Crippen molar-refractivity contribution < 1.29 is 0 Å². The molecule has 0 amide bonds. The highest BCUT2D eigenvalue weighted by Gasteiger charge is 2.48. The lowest BCUT2D eigenvalue weighted by Crippen LogP contribution is -2.62. The highest BCUT2D eigenvalue weighted by Crippen LogP contribution is 2.54. The van der Waals surface area contributed by atoms with Crippen LogP contribution in [0.25, 0.3) is 11.1 Å². The molecule has 0 spiro atoms. The topological polar surface area (TPSA) is 9.72 Å². The van der Waals surface area contributed by atoms with Gasteiger partial charge in [0, 0.05) is 51.1 Å². The van der Waals surface area contributed by atoms with Crippen molar-refractivity contribution in [3.05, 3.63) is 204 Å². The molecule has 0 unspecified atom stereocenters. The predicted octanol–water partition coefficient (Wildman–Crippen LogP) is 16.9. The maximum absolute atomic E-state index is 2.71. The van der Waals surface area contributed by atoms with Crippen LogP contribution >= 0.6 is 0 Å². The van der Waals surface area contributed by atoms with Crippen molar-refractivity contribution in [1.29, 1.82) is 0 Å². The zero-order valence-electron chi connectivity index (χ0n) is 44.5. The first-order valence-electron chi connectivity index (χ1n) is 26.6. The summed E-state index contributed by atoms with van der Waals surface area (Å²) in [4.78, 5) is 7.78. The number of anilines is 9. The number of hydrogen-bond donors (Lipinski definition) is 0. The van der Waals surface area contributed by atoms with Crippen LogP contribution in [0.4, 0.5) is 51.2 Å². The number of fused-ring (bicyclic) bond motifs is 6. The van der Waals surface area contributed by atoms with Crippen LogP contribution in [0.5, 0.6) is 0 Å². The third-order valence-corrected chi connectivity index (χ3v) is 17.5. The van der Waals surface area contributed by atoms with E-state index >= 15 is 0 Å². The Bertz CT molecular complexity index is 3370. The number of nitrogens with zero attached hydrogens (tertiary/aromatic N) is 3. The number of hydrogen-bond acceptors (Lipinski definition) is 3. The van der Waals surface area contributed by atoms with Crippen molar-refractivity contribution in [1.82, 2.24) is 0 Å². The van der Waals surface area contributed by atoms with Crippen LogP contribution < -0.4 is 31.1 Å².